The van der Waals surface area contributed by atoms with Crippen LogP contribution in [0.4, 0.5) is 36.4 Å². The van der Waals surface area contributed by atoms with Gasteiger partial charge in [-0.3, -0.25) is 9.59 Å². The highest BCUT2D eigenvalue weighted by Gasteiger charge is 2.76. The lowest BCUT2D eigenvalue weighted by Gasteiger charge is -2.26. The molecule has 0 fully saturated rings. The Labute approximate surface area is 207 Å². The Morgan fingerprint density at radius 1 is 1.03 bits per heavy atom. The molecule has 0 atom stereocenters. The highest BCUT2D eigenvalue weighted by molar-refractivity contribution is 6.09. The molecular formula is C24H24F7N3O3. The monoisotopic (exact) mass is 535 g/mol. The number of carbonyl (C=O) groups excluding carboxylic acids is 2. The number of benzene rings is 1. The van der Waals surface area contributed by atoms with Crippen molar-refractivity contribution in [2.45, 2.75) is 70.4 Å². The topological polar surface area (TPSA) is 83.7 Å². The van der Waals surface area contributed by atoms with Crippen LogP contribution < -0.4 is 10.7 Å². The molecule has 37 heavy (non-hydrogen) atoms. The SMILES string of the molecule is CCCCc1ccc(NC(=O)c2oc3c(c2C)/C(=N/NC(=O)C(F)(F)C(F)(F)C(F)(F)F)CCC3)cc1. The fraction of sp³-hybridized carbons (Fsp3) is 0.458. The summed E-state index contributed by atoms with van der Waals surface area (Å²) in [4.78, 5) is 24.4. The van der Waals surface area contributed by atoms with Gasteiger partial charge in [0.05, 0.1) is 5.71 Å². The highest BCUT2D eigenvalue weighted by atomic mass is 19.4. The maximum absolute atomic E-state index is 13.6. The first kappa shape index (κ1) is 28.2. The van der Waals surface area contributed by atoms with E-state index in [4.69, 9.17) is 4.42 Å². The molecule has 1 aromatic heterocycles. The van der Waals surface area contributed by atoms with Crippen molar-refractivity contribution >= 4 is 23.2 Å². The minimum absolute atomic E-state index is 0.0647. The van der Waals surface area contributed by atoms with Crippen LogP contribution in [0.1, 0.15) is 65.6 Å². The Morgan fingerprint density at radius 3 is 2.27 bits per heavy atom. The van der Waals surface area contributed by atoms with Gasteiger partial charge in [-0.2, -0.15) is 35.8 Å². The molecule has 0 aliphatic heterocycles. The standard InChI is InChI=1S/C24H24F7N3O3/c1-3-4-6-14-9-11-15(12-10-14)32-20(35)19-13(2)18-16(7-5-8-17(18)37-19)33-34-21(36)22(25,26)23(27,28)24(29,30)31/h9-12H,3-8H2,1-2H3,(H,32,35)(H,34,36)/b33-16+. The van der Waals surface area contributed by atoms with Gasteiger partial charge in [0, 0.05) is 23.2 Å². The number of rotatable bonds is 8. The molecule has 0 saturated heterocycles. The minimum atomic E-state index is -6.65. The van der Waals surface area contributed by atoms with Crippen molar-refractivity contribution in [3.05, 3.63) is 52.5 Å². The van der Waals surface area contributed by atoms with Crippen LogP contribution in [0, 0.1) is 6.92 Å². The first-order chi connectivity index (χ1) is 17.2. The fourth-order valence-corrected chi connectivity index (χ4v) is 3.83. The van der Waals surface area contributed by atoms with Gasteiger partial charge in [-0.15, -0.1) is 0 Å². The summed E-state index contributed by atoms with van der Waals surface area (Å²) < 4.78 is 96.1. The maximum Gasteiger partial charge on any atom is 0.460 e. The summed E-state index contributed by atoms with van der Waals surface area (Å²) in [5.74, 6) is -16.1. The number of hydrazone groups is 1. The average molecular weight is 535 g/mol. The number of aryl methyl sites for hydroxylation is 2. The Bertz CT molecular complexity index is 1190. The van der Waals surface area contributed by atoms with Gasteiger partial charge in [0.25, 0.3) is 5.91 Å². The molecule has 2 N–H and O–H groups in total. The lowest BCUT2D eigenvalue weighted by Crippen LogP contribution is -2.58. The van der Waals surface area contributed by atoms with Crippen molar-refractivity contribution < 1.29 is 44.7 Å². The molecule has 0 bridgehead atoms. The van der Waals surface area contributed by atoms with Crippen molar-refractivity contribution in [2.24, 2.45) is 5.10 Å². The molecule has 1 heterocycles. The maximum atomic E-state index is 13.6. The van der Waals surface area contributed by atoms with Crippen LogP contribution in [0.5, 0.6) is 0 Å². The number of carbonyl (C=O) groups is 2. The first-order valence-electron chi connectivity index (χ1n) is 11.4. The lowest BCUT2D eigenvalue weighted by molar-refractivity contribution is -0.344. The average Bonchev–Trinajstić information content (AvgIpc) is 3.18. The molecule has 1 aromatic carbocycles. The van der Waals surface area contributed by atoms with E-state index >= 15 is 0 Å². The number of fused-ring (bicyclic) bond motifs is 1. The minimum Gasteiger partial charge on any atom is -0.455 e. The van der Waals surface area contributed by atoms with Crippen molar-refractivity contribution in [2.75, 3.05) is 5.32 Å². The largest absolute Gasteiger partial charge is 0.460 e. The predicted molar refractivity (Wildman–Crippen MR) is 120 cm³/mol. The Hall–Kier alpha value is -3.38. The summed E-state index contributed by atoms with van der Waals surface area (Å²) in [6, 6.07) is 7.19. The van der Waals surface area contributed by atoms with Gasteiger partial charge < -0.3 is 9.73 Å². The molecule has 3 rings (SSSR count). The third-order valence-electron chi connectivity index (χ3n) is 5.89. The summed E-state index contributed by atoms with van der Waals surface area (Å²) in [5, 5.41) is 6.06. The number of unbranched alkanes of at least 4 members (excludes halogenated alkanes) is 1. The van der Waals surface area contributed by atoms with Crippen LogP contribution in [0.3, 0.4) is 0 Å². The van der Waals surface area contributed by atoms with Gasteiger partial charge in [0.15, 0.2) is 5.76 Å². The summed E-state index contributed by atoms with van der Waals surface area (Å²) in [6.45, 7) is 3.55. The van der Waals surface area contributed by atoms with E-state index in [-0.39, 0.29) is 34.8 Å². The molecule has 0 radical (unpaired) electrons. The fourth-order valence-electron chi connectivity index (χ4n) is 3.83. The number of furan rings is 1. The molecule has 2 amide bonds. The molecule has 0 unspecified atom stereocenters. The summed E-state index contributed by atoms with van der Waals surface area (Å²) in [6.07, 6.45) is -2.97. The molecule has 1 aliphatic rings. The quantitative estimate of drug-likeness (QED) is 0.313. The zero-order chi connectivity index (χ0) is 27.6. The number of nitrogens with one attached hydrogen (secondary N) is 2. The molecule has 202 valence electrons. The van der Waals surface area contributed by atoms with Gasteiger partial charge in [-0.1, -0.05) is 25.5 Å². The zero-order valence-corrected chi connectivity index (χ0v) is 19.9. The van der Waals surface area contributed by atoms with Crippen LogP contribution in [-0.2, 0) is 17.6 Å². The van der Waals surface area contributed by atoms with E-state index in [0.29, 0.717) is 18.5 Å². The second-order valence-corrected chi connectivity index (χ2v) is 8.61. The summed E-state index contributed by atoms with van der Waals surface area (Å²) >= 11 is 0. The van der Waals surface area contributed by atoms with Crippen LogP contribution in [-0.4, -0.2) is 35.5 Å². The van der Waals surface area contributed by atoms with E-state index in [2.05, 4.69) is 17.3 Å². The van der Waals surface area contributed by atoms with Crippen LogP contribution in [0.25, 0.3) is 0 Å². The molecule has 6 nitrogen and oxygen atoms in total. The summed E-state index contributed by atoms with van der Waals surface area (Å²) in [7, 11) is 0. The Kier molecular flexibility index (Phi) is 8.03. The number of alkyl halides is 7. The second kappa shape index (κ2) is 10.5. The van der Waals surface area contributed by atoms with E-state index in [1.54, 1.807) is 12.1 Å². The number of anilines is 1. The van der Waals surface area contributed by atoms with Crippen LogP contribution >= 0.6 is 0 Å². The van der Waals surface area contributed by atoms with E-state index in [1.807, 2.05) is 12.1 Å². The van der Waals surface area contributed by atoms with Gasteiger partial charge >= 0.3 is 23.9 Å². The van der Waals surface area contributed by atoms with E-state index in [0.717, 1.165) is 30.3 Å². The first-order valence-corrected chi connectivity index (χ1v) is 11.4. The van der Waals surface area contributed by atoms with Crippen molar-refractivity contribution in [1.82, 2.24) is 5.43 Å². The Balaban J connectivity index is 1.79. The Morgan fingerprint density at radius 2 is 1.68 bits per heavy atom. The van der Waals surface area contributed by atoms with Gasteiger partial charge in [0.1, 0.15) is 5.76 Å². The zero-order valence-electron chi connectivity index (χ0n) is 19.9. The van der Waals surface area contributed by atoms with Gasteiger partial charge in [0.2, 0.25) is 0 Å². The molecule has 1 aliphatic carbocycles. The number of nitrogens with zero attached hydrogens (tertiary/aromatic N) is 1. The number of hydrogen-bond donors (Lipinski definition) is 2. The van der Waals surface area contributed by atoms with Crippen molar-refractivity contribution in [3.63, 3.8) is 0 Å². The predicted octanol–water partition coefficient (Wildman–Crippen LogP) is 6.17. The second-order valence-electron chi connectivity index (χ2n) is 8.61. The molecule has 2 aromatic rings. The van der Waals surface area contributed by atoms with Crippen LogP contribution in [0.15, 0.2) is 33.8 Å². The normalized spacial score (nSPS) is 15.4. The van der Waals surface area contributed by atoms with E-state index in [9.17, 15) is 40.3 Å². The number of amides is 2. The highest BCUT2D eigenvalue weighted by Crippen LogP contribution is 2.46. The lowest BCUT2D eigenvalue weighted by atomic mass is 9.93. The van der Waals surface area contributed by atoms with E-state index < -0.39 is 29.8 Å². The van der Waals surface area contributed by atoms with Gasteiger partial charge in [-0.25, -0.2) is 5.43 Å². The number of halogens is 7. The van der Waals surface area contributed by atoms with Crippen LogP contribution in [0.2, 0.25) is 0 Å². The van der Waals surface area contributed by atoms with Crippen molar-refractivity contribution in [3.8, 4) is 0 Å². The van der Waals surface area contributed by atoms with Gasteiger partial charge in [-0.05, 0) is 50.3 Å². The van der Waals surface area contributed by atoms with Crippen molar-refractivity contribution in [1.29, 1.82) is 0 Å². The smallest absolute Gasteiger partial charge is 0.455 e. The van der Waals surface area contributed by atoms with E-state index in [1.165, 1.54) is 6.92 Å². The third-order valence-corrected chi connectivity index (χ3v) is 5.89. The summed E-state index contributed by atoms with van der Waals surface area (Å²) in [5.41, 5.74) is 3.05. The molecular weight excluding hydrogens is 511 g/mol. The number of hydrogen-bond acceptors (Lipinski definition) is 4. The third kappa shape index (κ3) is 5.64. The molecule has 0 saturated carbocycles. The molecule has 0 spiro atoms. The molecule has 13 heteroatoms.